The number of halogens is 1. The van der Waals surface area contributed by atoms with Crippen molar-refractivity contribution in [2.45, 2.75) is 32.5 Å². The molecule has 1 aromatic rings. The highest BCUT2D eigenvalue weighted by Crippen LogP contribution is 2.21. The molecule has 0 amide bonds. The fraction of sp³-hybridized carbons (Fsp3) is 0.700. The number of aromatic nitrogens is 1. The fourth-order valence-electron chi connectivity index (χ4n) is 1.92. The summed E-state index contributed by atoms with van der Waals surface area (Å²) in [5, 5.41) is 0.651. The van der Waals surface area contributed by atoms with E-state index in [0.717, 1.165) is 19.8 Å². The van der Waals surface area contributed by atoms with E-state index < -0.39 is 0 Å². The first-order valence-corrected chi connectivity index (χ1v) is 6.02. The van der Waals surface area contributed by atoms with Crippen LogP contribution in [0.25, 0.3) is 0 Å². The highest BCUT2D eigenvalue weighted by Gasteiger charge is 2.25. The molecule has 1 aromatic heterocycles. The third-order valence-electron chi connectivity index (χ3n) is 2.76. The van der Waals surface area contributed by atoms with E-state index in [0.29, 0.717) is 17.2 Å². The summed E-state index contributed by atoms with van der Waals surface area (Å²) in [4.78, 5) is 7.74. The Morgan fingerprint density at radius 3 is 2.62 bits per heavy atom. The maximum Gasteiger partial charge on any atom is 0.180 e. The molecular weight excluding hydrogens is 246 g/mol. The molecule has 92 valence electrons. The number of morpholine rings is 1. The van der Waals surface area contributed by atoms with Gasteiger partial charge in [0.1, 0.15) is 0 Å². The summed E-state index contributed by atoms with van der Waals surface area (Å²) in [6, 6.07) is 0.939. The van der Waals surface area contributed by atoms with Crippen LogP contribution in [0.5, 0.6) is 0 Å². The van der Waals surface area contributed by atoms with Gasteiger partial charge in [-0.2, -0.15) is 0 Å². The first kappa shape index (κ1) is 13.7. The maximum atomic E-state index is 5.62. The summed E-state index contributed by atoms with van der Waals surface area (Å²) in [6.45, 7) is 6.96. The average molecular weight is 264 g/mol. The van der Waals surface area contributed by atoms with E-state index in [-0.39, 0.29) is 12.4 Å². The van der Waals surface area contributed by atoms with E-state index in [9.17, 15) is 0 Å². The molecule has 4 nitrogen and oxygen atoms in total. The van der Waals surface area contributed by atoms with Crippen LogP contribution in [-0.4, -0.2) is 35.2 Å². The summed E-state index contributed by atoms with van der Waals surface area (Å²) in [5.74, 6) is 0. The van der Waals surface area contributed by atoms with Crippen LogP contribution in [-0.2, 0) is 11.3 Å². The highest BCUT2D eigenvalue weighted by atomic mass is 35.5. The number of thiazole rings is 1. The molecule has 2 unspecified atom stereocenters. The van der Waals surface area contributed by atoms with Crippen molar-refractivity contribution in [3.05, 3.63) is 11.1 Å². The van der Waals surface area contributed by atoms with Gasteiger partial charge >= 0.3 is 0 Å². The quantitative estimate of drug-likeness (QED) is 0.883. The number of anilines is 1. The van der Waals surface area contributed by atoms with Gasteiger partial charge in [0.15, 0.2) is 5.13 Å². The van der Waals surface area contributed by atoms with Gasteiger partial charge in [-0.3, -0.25) is 4.90 Å². The van der Waals surface area contributed by atoms with E-state index in [1.54, 1.807) is 11.3 Å². The predicted molar refractivity (Wildman–Crippen MR) is 69.1 cm³/mol. The summed E-state index contributed by atoms with van der Waals surface area (Å²) in [5.41, 5.74) is 5.62. The second kappa shape index (κ2) is 5.82. The lowest BCUT2D eigenvalue weighted by Crippen LogP contribution is -2.48. The molecule has 2 rings (SSSR count). The Hall–Kier alpha value is -0.360. The second-order valence-electron chi connectivity index (χ2n) is 4.07. The highest BCUT2D eigenvalue weighted by molar-refractivity contribution is 7.15. The zero-order valence-corrected chi connectivity index (χ0v) is 11.2. The lowest BCUT2D eigenvalue weighted by molar-refractivity contribution is -0.0405. The predicted octanol–water partition coefficient (Wildman–Crippen LogP) is 1.76. The van der Waals surface area contributed by atoms with Crippen LogP contribution in [0.3, 0.4) is 0 Å². The van der Waals surface area contributed by atoms with Crippen molar-refractivity contribution < 1.29 is 4.74 Å². The SMILES string of the molecule is CC1COCC(C)N1Cc1cnc(N)s1.Cl. The Labute approximate surface area is 106 Å². The average Bonchev–Trinajstić information content (AvgIpc) is 2.58. The molecule has 1 aliphatic heterocycles. The van der Waals surface area contributed by atoms with Gasteiger partial charge in [0, 0.05) is 29.7 Å². The third kappa shape index (κ3) is 3.07. The van der Waals surface area contributed by atoms with Crippen LogP contribution in [0.4, 0.5) is 5.13 Å². The number of hydrogen-bond acceptors (Lipinski definition) is 5. The zero-order valence-electron chi connectivity index (χ0n) is 9.55. The fourth-order valence-corrected chi connectivity index (χ4v) is 2.62. The van der Waals surface area contributed by atoms with Gasteiger partial charge in [-0.05, 0) is 13.8 Å². The Morgan fingerprint density at radius 1 is 1.50 bits per heavy atom. The van der Waals surface area contributed by atoms with Gasteiger partial charge in [-0.1, -0.05) is 0 Å². The van der Waals surface area contributed by atoms with E-state index in [1.165, 1.54) is 4.88 Å². The summed E-state index contributed by atoms with van der Waals surface area (Å²) < 4.78 is 5.49. The van der Waals surface area contributed by atoms with Crippen molar-refractivity contribution >= 4 is 28.9 Å². The van der Waals surface area contributed by atoms with Gasteiger partial charge in [-0.25, -0.2) is 4.98 Å². The lowest BCUT2D eigenvalue weighted by atomic mass is 10.2. The molecule has 0 spiro atoms. The molecule has 0 aromatic carbocycles. The molecule has 16 heavy (non-hydrogen) atoms. The second-order valence-corrected chi connectivity index (χ2v) is 5.22. The minimum atomic E-state index is 0. The van der Waals surface area contributed by atoms with Crippen LogP contribution in [0.15, 0.2) is 6.20 Å². The Balaban J connectivity index is 0.00000128. The van der Waals surface area contributed by atoms with Crippen molar-refractivity contribution in [2.75, 3.05) is 18.9 Å². The summed E-state index contributed by atoms with van der Waals surface area (Å²) >= 11 is 1.57. The Bertz CT molecular complexity index is 324. The minimum Gasteiger partial charge on any atom is -0.378 e. The molecule has 1 aliphatic rings. The van der Waals surface area contributed by atoms with E-state index >= 15 is 0 Å². The van der Waals surface area contributed by atoms with Crippen molar-refractivity contribution in [3.8, 4) is 0 Å². The van der Waals surface area contributed by atoms with Crippen molar-refractivity contribution in [3.63, 3.8) is 0 Å². The molecule has 2 atom stereocenters. The first-order valence-electron chi connectivity index (χ1n) is 5.20. The van der Waals surface area contributed by atoms with Crippen molar-refractivity contribution in [1.82, 2.24) is 9.88 Å². The normalized spacial score (nSPS) is 26.4. The molecule has 1 fully saturated rings. The van der Waals surface area contributed by atoms with Crippen LogP contribution in [0, 0.1) is 0 Å². The van der Waals surface area contributed by atoms with Gasteiger partial charge < -0.3 is 10.5 Å². The number of nitrogens with two attached hydrogens (primary N) is 1. The van der Waals surface area contributed by atoms with E-state index in [2.05, 4.69) is 23.7 Å². The molecule has 1 saturated heterocycles. The molecule has 2 N–H and O–H groups in total. The monoisotopic (exact) mass is 263 g/mol. The number of ether oxygens (including phenoxy) is 1. The van der Waals surface area contributed by atoms with Gasteiger partial charge in [0.05, 0.1) is 13.2 Å². The van der Waals surface area contributed by atoms with Gasteiger partial charge in [0.2, 0.25) is 0 Å². The van der Waals surface area contributed by atoms with E-state index in [1.807, 2.05) is 6.20 Å². The molecule has 0 saturated carbocycles. The molecule has 6 heteroatoms. The van der Waals surface area contributed by atoms with Crippen LogP contribution in [0.2, 0.25) is 0 Å². The Morgan fingerprint density at radius 2 is 2.12 bits per heavy atom. The molecule has 0 bridgehead atoms. The number of nitrogens with zero attached hydrogens (tertiary/aromatic N) is 2. The van der Waals surface area contributed by atoms with Crippen LogP contribution in [0.1, 0.15) is 18.7 Å². The lowest BCUT2D eigenvalue weighted by Gasteiger charge is -2.38. The topological polar surface area (TPSA) is 51.4 Å². The van der Waals surface area contributed by atoms with Crippen molar-refractivity contribution in [1.29, 1.82) is 0 Å². The van der Waals surface area contributed by atoms with Crippen molar-refractivity contribution in [2.24, 2.45) is 0 Å². The largest absolute Gasteiger partial charge is 0.378 e. The number of hydrogen-bond donors (Lipinski definition) is 1. The first-order chi connectivity index (χ1) is 7.16. The summed E-state index contributed by atoms with van der Waals surface area (Å²) in [6.07, 6.45) is 1.87. The summed E-state index contributed by atoms with van der Waals surface area (Å²) in [7, 11) is 0. The maximum absolute atomic E-state index is 5.62. The Kier molecular flexibility index (Phi) is 4.98. The van der Waals surface area contributed by atoms with Gasteiger partial charge in [0.25, 0.3) is 0 Å². The number of rotatable bonds is 2. The minimum absolute atomic E-state index is 0. The molecule has 2 heterocycles. The van der Waals surface area contributed by atoms with E-state index in [4.69, 9.17) is 10.5 Å². The van der Waals surface area contributed by atoms with Crippen LogP contribution >= 0.6 is 23.7 Å². The van der Waals surface area contributed by atoms with Gasteiger partial charge in [-0.15, -0.1) is 23.7 Å². The zero-order chi connectivity index (χ0) is 10.8. The number of nitrogen functional groups attached to an aromatic ring is 1. The van der Waals surface area contributed by atoms with Crippen LogP contribution < -0.4 is 5.73 Å². The standard InChI is InChI=1S/C10H17N3OS.ClH/c1-7-5-14-6-8(2)13(7)4-9-3-12-10(11)15-9;/h3,7-8H,4-6H2,1-2H3,(H2,11,12);1H. The smallest absolute Gasteiger partial charge is 0.180 e. The molecule has 0 aliphatic carbocycles. The molecule has 0 radical (unpaired) electrons. The third-order valence-corrected chi connectivity index (χ3v) is 3.57. The molecular formula is C10H18ClN3OS.